The molecule has 1 rings (SSSR count). The van der Waals surface area contributed by atoms with E-state index in [4.69, 9.17) is 5.73 Å². The van der Waals surface area contributed by atoms with E-state index in [0.29, 0.717) is 0 Å². The summed E-state index contributed by atoms with van der Waals surface area (Å²) < 4.78 is 40.7. The van der Waals surface area contributed by atoms with Gasteiger partial charge in [0.1, 0.15) is 0 Å². The molecule has 88 valence electrons. The molecule has 0 amide bonds. The van der Waals surface area contributed by atoms with Gasteiger partial charge in [-0.3, -0.25) is 0 Å². The molecule has 2 N–H and O–H groups in total. The van der Waals surface area contributed by atoms with Crippen LogP contribution in [-0.4, -0.2) is 19.3 Å². The highest BCUT2D eigenvalue weighted by molar-refractivity contribution is 5.95. The number of anilines is 1. The van der Waals surface area contributed by atoms with Crippen LogP contribution in [0.4, 0.5) is 18.9 Å². The number of methoxy groups -OCH3 is 1. The van der Waals surface area contributed by atoms with Crippen LogP contribution in [-0.2, 0) is 11.2 Å². The lowest BCUT2D eigenvalue weighted by atomic mass is 10.1. The Hall–Kier alpha value is -1.72. The number of benzene rings is 1. The molecule has 0 aliphatic carbocycles. The minimum atomic E-state index is -4.32. The Morgan fingerprint density at radius 1 is 1.44 bits per heavy atom. The minimum absolute atomic E-state index is 0.0258. The molecule has 0 radical (unpaired) electrons. The number of nitrogens with two attached hydrogens (primary N) is 1. The number of carbonyl (C=O) groups excluding carboxylic acids is 1. The van der Waals surface area contributed by atoms with E-state index in [-0.39, 0.29) is 16.8 Å². The van der Waals surface area contributed by atoms with Crippen molar-refractivity contribution in [3.05, 3.63) is 29.3 Å². The standard InChI is InChI=1S/C10H10F3NO2/c1-16-9(15)7-4-6(2-3-8(7)14)5-10(11,12)13/h2-4H,5,14H2,1H3. The van der Waals surface area contributed by atoms with E-state index in [0.717, 1.165) is 13.2 Å². The van der Waals surface area contributed by atoms with Gasteiger partial charge in [-0.05, 0) is 17.7 Å². The summed E-state index contributed by atoms with van der Waals surface area (Å²) in [6.07, 6.45) is -5.42. The molecule has 0 fully saturated rings. The lowest BCUT2D eigenvalue weighted by Gasteiger charge is -2.09. The molecule has 1 aromatic carbocycles. The van der Waals surface area contributed by atoms with Crippen molar-refractivity contribution in [1.29, 1.82) is 0 Å². The summed E-state index contributed by atoms with van der Waals surface area (Å²) >= 11 is 0. The number of halogens is 3. The summed E-state index contributed by atoms with van der Waals surface area (Å²) in [6.45, 7) is 0. The summed E-state index contributed by atoms with van der Waals surface area (Å²) in [4.78, 5) is 11.2. The van der Waals surface area contributed by atoms with E-state index >= 15 is 0 Å². The molecule has 0 atom stereocenters. The quantitative estimate of drug-likeness (QED) is 0.629. The first-order valence-corrected chi connectivity index (χ1v) is 4.37. The summed E-state index contributed by atoms with van der Waals surface area (Å²) in [7, 11) is 1.14. The SMILES string of the molecule is COC(=O)c1cc(CC(F)(F)F)ccc1N. The number of alkyl halides is 3. The highest BCUT2D eigenvalue weighted by Gasteiger charge is 2.28. The molecule has 0 aliphatic rings. The summed E-state index contributed by atoms with van der Waals surface area (Å²) in [6, 6.07) is 3.58. The number of esters is 1. The van der Waals surface area contributed by atoms with Crippen molar-refractivity contribution in [2.45, 2.75) is 12.6 Å². The van der Waals surface area contributed by atoms with Crippen LogP contribution < -0.4 is 5.73 Å². The van der Waals surface area contributed by atoms with Crippen LogP contribution in [0.5, 0.6) is 0 Å². The number of hydrogen-bond donors (Lipinski definition) is 1. The Morgan fingerprint density at radius 3 is 2.56 bits per heavy atom. The van der Waals surface area contributed by atoms with E-state index in [1.165, 1.54) is 12.1 Å². The van der Waals surface area contributed by atoms with Crippen LogP contribution in [0.3, 0.4) is 0 Å². The summed E-state index contributed by atoms with van der Waals surface area (Å²) in [5.74, 6) is -0.749. The average Bonchev–Trinajstić information content (AvgIpc) is 2.18. The van der Waals surface area contributed by atoms with Gasteiger partial charge in [0.15, 0.2) is 0 Å². The average molecular weight is 233 g/mol. The fourth-order valence-corrected chi connectivity index (χ4v) is 1.23. The van der Waals surface area contributed by atoms with Gasteiger partial charge in [0.25, 0.3) is 0 Å². The lowest BCUT2D eigenvalue weighted by Crippen LogP contribution is -2.13. The van der Waals surface area contributed by atoms with Crippen molar-refractivity contribution >= 4 is 11.7 Å². The van der Waals surface area contributed by atoms with Gasteiger partial charge < -0.3 is 10.5 Å². The van der Waals surface area contributed by atoms with Gasteiger partial charge in [-0.2, -0.15) is 13.2 Å². The first-order valence-electron chi connectivity index (χ1n) is 4.37. The van der Waals surface area contributed by atoms with Gasteiger partial charge in [0.05, 0.1) is 19.1 Å². The second kappa shape index (κ2) is 4.42. The normalized spacial score (nSPS) is 11.2. The third kappa shape index (κ3) is 3.15. The molecule has 0 saturated carbocycles. The van der Waals surface area contributed by atoms with Crippen molar-refractivity contribution in [2.75, 3.05) is 12.8 Å². The zero-order valence-electron chi connectivity index (χ0n) is 8.47. The Morgan fingerprint density at radius 2 is 2.06 bits per heavy atom. The number of rotatable bonds is 2. The largest absolute Gasteiger partial charge is 0.465 e. The van der Waals surface area contributed by atoms with Gasteiger partial charge in [-0.1, -0.05) is 6.07 Å². The van der Waals surface area contributed by atoms with E-state index in [2.05, 4.69) is 4.74 Å². The molecule has 0 bridgehead atoms. The van der Waals surface area contributed by atoms with E-state index in [9.17, 15) is 18.0 Å². The third-order valence-electron chi connectivity index (χ3n) is 1.93. The molecule has 0 unspecified atom stereocenters. The molecule has 6 heteroatoms. The molecule has 0 saturated heterocycles. The van der Waals surface area contributed by atoms with Crippen molar-refractivity contribution in [3.8, 4) is 0 Å². The predicted molar refractivity (Wildman–Crippen MR) is 52.0 cm³/mol. The second-order valence-electron chi connectivity index (χ2n) is 3.21. The van der Waals surface area contributed by atoms with Crippen LogP contribution in [0, 0.1) is 0 Å². The second-order valence-corrected chi connectivity index (χ2v) is 3.21. The highest BCUT2D eigenvalue weighted by atomic mass is 19.4. The van der Waals surface area contributed by atoms with Crippen molar-refractivity contribution in [1.82, 2.24) is 0 Å². The Bertz CT molecular complexity index is 402. The van der Waals surface area contributed by atoms with Gasteiger partial charge in [0, 0.05) is 5.69 Å². The maximum atomic E-state index is 12.1. The Kier molecular flexibility index (Phi) is 3.41. The third-order valence-corrected chi connectivity index (χ3v) is 1.93. The van der Waals surface area contributed by atoms with Gasteiger partial charge in [0.2, 0.25) is 0 Å². The van der Waals surface area contributed by atoms with Crippen LogP contribution in [0.25, 0.3) is 0 Å². The minimum Gasteiger partial charge on any atom is -0.465 e. The number of hydrogen-bond acceptors (Lipinski definition) is 3. The smallest absolute Gasteiger partial charge is 0.393 e. The van der Waals surface area contributed by atoms with Crippen molar-refractivity contribution in [2.24, 2.45) is 0 Å². The number of nitrogen functional groups attached to an aromatic ring is 1. The van der Waals surface area contributed by atoms with E-state index < -0.39 is 18.6 Å². The Labute approximate surface area is 90.0 Å². The molecular weight excluding hydrogens is 223 g/mol. The topological polar surface area (TPSA) is 52.3 Å². The molecule has 3 nitrogen and oxygen atoms in total. The highest BCUT2D eigenvalue weighted by Crippen LogP contribution is 2.23. The Balaban J connectivity index is 3.03. The maximum Gasteiger partial charge on any atom is 0.393 e. The van der Waals surface area contributed by atoms with Gasteiger partial charge in [-0.25, -0.2) is 4.79 Å². The van der Waals surface area contributed by atoms with E-state index in [1.807, 2.05) is 0 Å². The molecule has 0 aliphatic heterocycles. The molecule has 0 spiro atoms. The lowest BCUT2D eigenvalue weighted by molar-refractivity contribution is -0.127. The van der Waals surface area contributed by atoms with Gasteiger partial charge >= 0.3 is 12.1 Å². The zero-order chi connectivity index (χ0) is 12.3. The van der Waals surface area contributed by atoms with Gasteiger partial charge in [-0.15, -0.1) is 0 Å². The van der Waals surface area contributed by atoms with Crippen LogP contribution >= 0.6 is 0 Å². The monoisotopic (exact) mass is 233 g/mol. The molecular formula is C10H10F3NO2. The summed E-state index contributed by atoms with van der Waals surface area (Å²) in [5.41, 5.74) is 5.47. The molecule has 0 aromatic heterocycles. The fourth-order valence-electron chi connectivity index (χ4n) is 1.23. The van der Waals surface area contributed by atoms with Crippen LogP contribution in [0.15, 0.2) is 18.2 Å². The van der Waals surface area contributed by atoms with Crippen molar-refractivity contribution in [3.63, 3.8) is 0 Å². The first-order chi connectivity index (χ1) is 7.33. The number of carbonyl (C=O) groups is 1. The fraction of sp³-hybridized carbons (Fsp3) is 0.300. The number of ether oxygens (including phenoxy) is 1. The molecule has 0 heterocycles. The molecule has 1 aromatic rings. The van der Waals surface area contributed by atoms with Crippen LogP contribution in [0.1, 0.15) is 15.9 Å². The van der Waals surface area contributed by atoms with Crippen molar-refractivity contribution < 1.29 is 22.7 Å². The zero-order valence-corrected chi connectivity index (χ0v) is 8.47. The maximum absolute atomic E-state index is 12.1. The predicted octanol–water partition coefficient (Wildman–Crippen LogP) is 2.16. The van der Waals surface area contributed by atoms with E-state index in [1.54, 1.807) is 0 Å². The van der Waals surface area contributed by atoms with Crippen LogP contribution in [0.2, 0.25) is 0 Å². The molecule has 16 heavy (non-hydrogen) atoms. The summed E-state index contributed by atoms with van der Waals surface area (Å²) in [5, 5.41) is 0. The first kappa shape index (κ1) is 12.4.